The first-order valence-corrected chi connectivity index (χ1v) is 9.30. The number of rotatable bonds is 2. The molecule has 2 heterocycles. The van der Waals surface area contributed by atoms with Gasteiger partial charge < -0.3 is 4.57 Å². The standard InChI is InChI=1S/C25H13FN4/c26-22-12-19(11-9-16(22)13-27)30-23-6-2-1-4-21(23)25-20(5-3-7-24(25)30)17-8-10-18(14-28)29-15-17/h1-12,15H. The lowest BCUT2D eigenvalue weighted by Gasteiger charge is -2.09. The number of nitriles is 2. The van der Waals surface area contributed by atoms with Crippen LogP contribution in [0, 0.1) is 28.5 Å². The van der Waals surface area contributed by atoms with Crippen LogP contribution in [0.1, 0.15) is 11.3 Å². The minimum absolute atomic E-state index is 0.0175. The Kier molecular flexibility index (Phi) is 4.02. The van der Waals surface area contributed by atoms with Crippen LogP contribution >= 0.6 is 0 Å². The molecule has 5 rings (SSSR count). The van der Waals surface area contributed by atoms with Crippen molar-refractivity contribution in [1.29, 1.82) is 10.5 Å². The number of hydrogen-bond acceptors (Lipinski definition) is 3. The third-order valence-corrected chi connectivity index (χ3v) is 5.22. The molecule has 0 saturated carbocycles. The fourth-order valence-electron chi connectivity index (χ4n) is 3.89. The molecular weight excluding hydrogens is 375 g/mol. The molecule has 0 aliphatic heterocycles. The molecule has 4 nitrogen and oxygen atoms in total. The number of fused-ring (bicyclic) bond motifs is 3. The maximum Gasteiger partial charge on any atom is 0.143 e. The Hall–Kier alpha value is -4.48. The summed E-state index contributed by atoms with van der Waals surface area (Å²) in [6.07, 6.45) is 1.70. The van der Waals surface area contributed by atoms with Gasteiger partial charge in [-0.1, -0.05) is 30.3 Å². The Labute approximate surface area is 171 Å². The van der Waals surface area contributed by atoms with Gasteiger partial charge in [-0.25, -0.2) is 9.37 Å². The van der Waals surface area contributed by atoms with Crippen molar-refractivity contribution in [1.82, 2.24) is 9.55 Å². The molecule has 140 valence electrons. The third kappa shape index (κ3) is 2.62. The van der Waals surface area contributed by atoms with E-state index in [4.69, 9.17) is 10.5 Å². The van der Waals surface area contributed by atoms with Gasteiger partial charge in [-0.2, -0.15) is 10.5 Å². The van der Waals surface area contributed by atoms with Gasteiger partial charge in [0.05, 0.1) is 16.6 Å². The fourth-order valence-corrected chi connectivity index (χ4v) is 3.89. The Morgan fingerprint density at radius 3 is 2.40 bits per heavy atom. The summed E-state index contributed by atoms with van der Waals surface area (Å²) in [5.41, 5.74) is 4.76. The smallest absolute Gasteiger partial charge is 0.143 e. The predicted molar refractivity (Wildman–Crippen MR) is 113 cm³/mol. The van der Waals surface area contributed by atoms with Crippen LogP contribution in [0.3, 0.4) is 0 Å². The highest BCUT2D eigenvalue weighted by molar-refractivity contribution is 6.15. The Bertz CT molecular complexity index is 1520. The summed E-state index contributed by atoms with van der Waals surface area (Å²) in [5, 5.41) is 20.1. The van der Waals surface area contributed by atoms with E-state index < -0.39 is 5.82 Å². The van der Waals surface area contributed by atoms with Gasteiger partial charge in [0.1, 0.15) is 23.6 Å². The highest BCUT2D eigenvalue weighted by Gasteiger charge is 2.16. The van der Waals surface area contributed by atoms with E-state index in [0.717, 1.165) is 32.9 Å². The molecule has 2 aromatic heterocycles. The quantitative estimate of drug-likeness (QED) is 0.388. The largest absolute Gasteiger partial charge is 0.309 e. The van der Waals surface area contributed by atoms with E-state index in [1.165, 1.54) is 12.1 Å². The first-order chi connectivity index (χ1) is 14.7. The highest BCUT2D eigenvalue weighted by atomic mass is 19.1. The van der Waals surface area contributed by atoms with Crippen molar-refractivity contribution in [3.63, 3.8) is 0 Å². The van der Waals surface area contributed by atoms with Crippen LogP contribution in [-0.2, 0) is 0 Å². The lowest BCUT2D eigenvalue weighted by molar-refractivity contribution is 0.623. The third-order valence-electron chi connectivity index (χ3n) is 5.22. The second-order valence-corrected chi connectivity index (χ2v) is 6.87. The van der Waals surface area contributed by atoms with Gasteiger partial charge in [0.15, 0.2) is 0 Å². The highest BCUT2D eigenvalue weighted by Crippen LogP contribution is 2.38. The second kappa shape index (κ2) is 6.84. The van der Waals surface area contributed by atoms with Crippen molar-refractivity contribution in [2.45, 2.75) is 0 Å². The van der Waals surface area contributed by atoms with Gasteiger partial charge in [0.25, 0.3) is 0 Å². The van der Waals surface area contributed by atoms with E-state index in [-0.39, 0.29) is 5.56 Å². The predicted octanol–water partition coefficient (Wildman–Crippen LogP) is 5.73. The first-order valence-electron chi connectivity index (χ1n) is 9.30. The van der Waals surface area contributed by atoms with Crippen LogP contribution < -0.4 is 0 Å². The molecular formula is C25H13FN4. The summed E-state index contributed by atoms with van der Waals surface area (Å²) in [4.78, 5) is 4.21. The lowest BCUT2D eigenvalue weighted by Crippen LogP contribution is -1.96. The summed E-state index contributed by atoms with van der Waals surface area (Å²) in [7, 11) is 0. The molecule has 0 aliphatic carbocycles. The van der Waals surface area contributed by atoms with Crippen molar-refractivity contribution in [3.8, 4) is 29.0 Å². The van der Waals surface area contributed by atoms with Gasteiger partial charge in [-0.3, -0.25) is 0 Å². The zero-order chi connectivity index (χ0) is 20.7. The summed E-state index contributed by atoms with van der Waals surface area (Å²) in [5.74, 6) is -0.548. The number of benzene rings is 3. The van der Waals surface area contributed by atoms with E-state index in [1.807, 2.05) is 65.2 Å². The summed E-state index contributed by atoms with van der Waals surface area (Å²) in [6.45, 7) is 0. The minimum Gasteiger partial charge on any atom is -0.309 e. The molecule has 0 amide bonds. The SMILES string of the molecule is N#Cc1ccc(-c2cccc3c2c2ccccc2n3-c2ccc(C#N)c(F)c2)cn1. The summed E-state index contributed by atoms with van der Waals surface area (Å²) < 4.78 is 16.4. The number of hydrogen-bond donors (Lipinski definition) is 0. The van der Waals surface area contributed by atoms with Crippen LogP contribution in [0.4, 0.5) is 4.39 Å². The Morgan fingerprint density at radius 1 is 0.833 bits per heavy atom. The number of pyridine rings is 1. The van der Waals surface area contributed by atoms with Crippen molar-refractivity contribution in [2.24, 2.45) is 0 Å². The molecule has 30 heavy (non-hydrogen) atoms. The normalized spacial score (nSPS) is 10.8. The van der Waals surface area contributed by atoms with Crippen molar-refractivity contribution < 1.29 is 4.39 Å². The van der Waals surface area contributed by atoms with Gasteiger partial charge in [-0.15, -0.1) is 0 Å². The maximum atomic E-state index is 14.4. The maximum absolute atomic E-state index is 14.4. The molecule has 0 spiro atoms. The van der Waals surface area contributed by atoms with Crippen molar-refractivity contribution >= 4 is 21.8 Å². The number of aromatic nitrogens is 2. The zero-order valence-electron chi connectivity index (χ0n) is 15.7. The Morgan fingerprint density at radius 2 is 1.67 bits per heavy atom. The van der Waals surface area contributed by atoms with Gasteiger partial charge in [0.2, 0.25) is 0 Å². The molecule has 0 unspecified atom stereocenters. The topological polar surface area (TPSA) is 65.4 Å². The molecule has 0 fully saturated rings. The summed E-state index contributed by atoms with van der Waals surface area (Å²) >= 11 is 0. The lowest BCUT2D eigenvalue weighted by atomic mass is 10.0. The summed E-state index contributed by atoms with van der Waals surface area (Å²) in [6, 6.07) is 26.0. The number of nitrogens with zero attached hydrogens (tertiary/aromatic N) is 4. The van der Waals surface area contributed by atoms with Gasteiger partial charge in [0, 0.05) is 28.2 Å². The monoisotopic (exact) mass is 388 g/mol. The van der Waals surface area contributed by atoms with Gasteiger partial charge in [-0.05, 0) is 48.0 Å². The van der Waals surface area contributed by atoms with Crippen LogP contribution in [0.25, 0.3) is 38.6 Å². The molecule has 0 N–H and O–H groups in total. The van der Waals surface area contributed by atoms with Gasteiger partial charge >= 0.3 is 0 Å². The zero-order valence-corrected chi connectivity index (χ0v) is 15.7. The van der Waals surface area contributed by atoms with E-state index in [0.29, 0.717) is 11.4 Å². The molecule has 0 saturated heterocycles. The molecule has 5 aromatic rings. The second-order valence-electron chi connectivity index (χ2n) is 6.87. The average Bonchev–Trinajstić information content (AvgIpc) is 3.13. The van der Waals surface area contributed by atoms with Crippen molar-refractivity contribution in [3.05, 3.63) is 96.1 Å². The van der Waals surface area contributed by atoms with Crippen LogP contribution in [0.15, 0.2) is 79.0 Å². The van der Waals surface area contributed by atoms with Crippen LogP contribution in [0.5, 0.6) is 0 Å². The molecule has 0 atom stereocenters. The average molecular weight is 388 g/mol. The minimum atomic E-state index is -0.548. The van der Waals surface area contributed by atoms with E-state index >= 15 is 0 Å². The van der Waals surface area contributed by atoms with Crippen LogP contribution in [0.2, 0.25) is 0 Å². The van der Waals surface area contributed by atoms with E-state index in [9.17, 15) is 4.39 Å². The molecule has 0 aliphatic rings. The van der Waals surface area contributed by atoms with Crippen LogP contribution in [-0.4, -0.2) is 9.55 Å². The van der Waals surface area contributed by atoms with E-state index in [1.54, 1.807) is 18.3 Å². The fraction of sp³-hybridized carbons (Fsp3) is 0. The first kappa shape index (κ1) is 17.6. The number of halogens is 1. The molecule has 5 heteroatoms. The molecule has 3 aromatic carbocycles. The van der Waals surface area contributed by atoms with Crippen molar-refractivity contribution in [2.75, 3.05) is 0 Å². The Balaban J connectivity index is 1.86. The van der Waals surface area contributed by atoms with E-state index in [2.05, 4.69) is 4.98 Å². The molecule has 0 bridgehead atoms. The number of para-hydroxylation sites is 1. The molecule has 0 radical (unpaired) electrons.